The number of carbonyl (C=O) groups excluding carboxylic acids is 2. The van der Waals surface area contributed by atoms with Crippen molar-refractivity contribution >= 4 is 45.6 Å². The maximum Gasteiger partial charge on any atom is 0.380 e. The van der Waals surface area contributed by atoms with Crippen LogP contribution in [0.2, 0.25) is 0 Å². The van der Waals surface area contributed by atoms with Crippen molar-refractivity contribution in [2.24, 2.45) is 0 Å². The highest BCUT2D eigenvalue weighted by Crippen LogP contribution is 2.66. The molecule has 0 aromatic carbocycles. The molecule has 0 saturated carbocycles. The Bertz CT molecular complexity index is 1500. The molecule has 0 aliphatic heterocycles. The van der Waals surface area contributed by atoms with Gasteiger partial charge >= 0.3 is 17.8 Å². The first-order valence-electron chi connectivity index (χ1n) is 23.8. The molecule has 2 aromatic heterocycles. The van der Waals surface area contributed by atoms with Crippen LogP contribution >= 0.6 is 22.7 Å². The van der Waals surface area contributed by atoms with E-state index in [1.54, 1.807) is 0 Å². The van der Waals surface area contributed by atoms with Gasteiger partial charge in [0.05, 0.1) is 11.1 Å². The summed E-state index contributed by atoms with van der Waals surface area (Å²) in [6.07, 6.45) is 29.5. The van der Waals surface area contributed by atoms with Gasteiger partial charge in [0, 0.05) is 45.4 Å². The zero-order valence-corrected chi connectivity index (χ0v) is 39.4. The molecule has 4 nitrogen and oxygen atoms in total. The molecule has 2 heterocycles. The minimum absolute atomic E-state index is 0.0621. The highest BCUT2D eigenvalue weighted by atomic mass is 32.1. The van der Waals surface area contributed by atoms with E-state index in [0.717, 1.165) is 61.2 Å². The van der Waals surface area contributed by atoms with Gasteiger partial charge in [0.15, 0.2) is 0 Å². The van der Waals surface area contributed by atoms with E-state index >= 15 is 26.3 Å². The quantitative estimate of drug-likeness (QED) is 0.0543. The van der Waals surface area contributed by atoms with E-state index in [9.17, 15) is 9.59 Å². The molecule has 2 amide bonds. The molecule has 0 bridgehead atoms. The summed E-state index contributed by atoms with van der Waals surface area (Å²) in [7, 11) is 0. The lowest BCUT2D eigenvalue weighted by Gasteiger charge is -2.25. The van der Waals surface area contributed by atoms with Gasteiger partial charge in [-0.3, -0.25) is 9.59 Å². The van der Waals surface area contributed by atoms with Gasteiger partial charge in [0.1, 0.15) is 0 Å². The van der Waals surface area contributed by atoms with Gasteiger partial charge in [-0.2, -0.15) is 26.3 Å². The number of thiophene rings is 2. The van der Waals surface area contributed by atoms with Gasteiger partial charge in [-0.25, -0.2) is 0 Å². The van der Waals surface area contributed by atoms with Crippen LogP contribution in [0.4, 0.5) is 26.3 Å². The number of unbranched alkanes of at least 4 members (excludes halogenated alkanes) is 22. The van der Waals surface area contributed by atoms with Crippen molar-refractivity contribution in [2.45, 2.75) is 225 Å². The van der Waals surface area contributed by atoms with Gasteiger partial charge < -0.3 is 10.6 Å². The van der Waals surface area contributed by atoms with E-state index in [2.05, 4.69) is 24.5 Å². The maximum absolute atomic E-state index is 15.7. The minimum atomic E-state index is -5.65. The van der Waals surface area contributed by atoms with Crippen molar-refractivity contribution in [3.63, 3.8) is 0 Å². The largest absolute Gasteiger partial charge is 0.380 e. The van der Waals surface area contributed by atoms with Crippen LogP contribution in [0.5, 0.6) is 0 Å². The molecule has 0 spiro atoms. The molecule has 3 rings (SSSR count). The monoisotopic (exact) mass is 903 g/mol. The third-order valence-electron chi connectivity index (χ3n) is 12.0. The lowest BCUT2D eigenvalue weighted by atomic mass is 10.0. The molecule has 0 unspecified atom stereocenters. The standard InChI is InChI=1S/C49H76F6N2O2S2/c1-5-7-9-11-13-15-17-19-21-23-25-27-33-56-41(58)31-29-39-35-37(3)45(60-39)43-44(48(52,53)49(54,55)47(43,50)51)46-38(4)36-40(61-46)30-32-42(59)57-34-28-26-24-22-20-18-16-14-12-10-8-6-2/h35-36H,5-34H2,1-4H3,(H,56,58)(H,57,59). The third kappa shape index (κ3) is 16.6. The summed E-state index contributed by atoms with van der Waals surface area (Å²) in [5.74, 6) is -16.4. The number of hydrogen-bond acceptors (Lipinski definition) is 4. The van der Waals surface area contributed by atoms with Crippen LogP contribution in [-0.2, 0) is 22.4 Å². The highest BCUT2D eigenvalue weighted by molar-refractivity contribution is 7.14. The van der Waals surface area contributed by atoms with Crippen molar-refractivity contribution in [3.8, 4) is 0 Å². The normalized spacial score (nSPS) is 15.5. The maximum atomic E-state index is 15.7. The number of rotatable bonds is 34. The summed E-state index contributed by atoms with van der Waals surface area (Å²) in [5, 5.41) is 5.80. The lowest BCUT2D eigenvalue weighted by Crippen LogP contribution is -2.48. The van der Waals surface area contributed by atoms with Gasteiger partial charge in [-0.1, -0.05) is 155 Å². The molecule has 1 aliphatic carbocycles. The topological polar surface area (TPSA) is 58.2 Å². The average Bonchev–Trinajstić information content (AvgIpc) is 3.80. The molecule has 0 fully saturated rings. The zero-order chi connectivity index (χ0) is 44.7. The Morgan fingerprint density at radius 1 is 0.475 bits per heavy atom. The van der Waals surface area contributed by atoms with Crippen molar-refractivity contribution < 1.29 is 35.9 Å². The Kier molecular flexibility index (Phi) is 24.1. The minimum Gasteiger partial charge on any atom is -0.356 e. The first-order valence-corrected chi connectivity index (χ1v) is 25.4. The Hall–Kier alpha value is -2.34. The molecule has 348 valence electrons. The lowest BCUT2D eigenvalue weighted by molar-refractivity contribution is -0.254. The summed E-state index contributed by atoms with van der Waals surface area (Å²) in [6.45, 7) is 8.40. The molecule has 0 atom stereocenters. The van der Waals surface area contributed by atoms with Crippen molar-refractivity contribution in [1.29, 1.82) is 0 Å². The molecular weight excluding hydrogens is 827 g/mol. The fourth-order valence-corrected chi connectivity index (χ4v) is 10.7. The van der Waals surface area contributed by atoms with E-state index in [1.165, 1.54) is 142 Å². The number of nitrogens with one attached hydrogen (secondary N) is 2. The zero-order valence-electron chi connectivity index (χ0n) is 37.8. The van der Waals surface area contributed by atoms with E-state index < -0.39 is 28.9 Å². The SMILES string of the molecule is CCCCCCCCCCCCCCNC(=O)CCc1cc(C)c(C2=C(c3sc(CCC(=O)NCCCCCCCCCCCCCC)cc3C)C(F)(F)C(F)(F)C2(F)F)s1. The van der Waals surface area contributed by atoms with Crippen LogP contribution in [0, 0.1) is 13.8 Å². The van der Waals surface area contributed by atoms with Crippen LogP contribution in [0.25, 0.3) is 11.1 Å². The number of alkyl halides is 6. The molecule has 2 aromatic rings. The average molecular weight is 903 g/mol. The highest BCUT2D eigenvalue weighted by Gasteiger charge is 2.80. The Morgan fingerprint density at radius 2 is 0.754 bits per heavy atom. The van der Waals surface area contributed by atoms with E-state index in [1.807, 2.05) is 0 Å². The van der Waals surface area contributed by atoms with Crippen LogP contribution < -0.4 is 10.6 Å². The van der Waals surface area contributed by atoms with E-state index in [4.69, 9.17) is 0 Å². The Morgan fingerprint density at radius 3 is 1.05 bits per heavy atom. The summed E-state index contributed by atoms with van der Waals surface area (Å²) in [5.41, 5.74) is -2.36. The van der Waals surface area contributed by atoms with Crippen molar-refractivity contribution in [2.75, 3.05) is 13.1 Å². The van der Waals surface area contributed by atoms with Gasteiger partial charge in [0.2, 0.25) is 11.8 Å². The number of halogens is 6. The number of hydrogen-bond donors (Lipinski definition) is 2. The Labute approximate surface area is 371 Å². The van der Waals surface area contributed by atoms with Crippen LogP contribution in [0.3, 0.4) is 0 Å². The number of carbonyl (C=O) groups is 2. The second-order valence-corrected chi connectivity index (χ2v) is 19.7. The smallest absolute Gasteiger partial charge is 0.356 e. The van der Waals surface area contributed by atoms with Gasteiger partial charge in [-0.05, 0) is 62.8 Å². The molecule has 0 saturated heterocycles. The third-order valence-corrected chi connectivity index (χ3v) is 14.6. The molecule has 2 N–H and O–H groups in total. The van der Waals surface area contributed by atoms with Gasteiger partial charge in [-0.15, -0.1) is 22.7 Å². The second-order valence-electron chi connectivity index (χ2n) is 17.4. The van der Waals surface area contributed by atoms with Crippen LogP contribution in [-0.4, -0.2) is 42.7 Å². The van der Waals surface area contributed by atoms with E-state index in [0.29, 0.717) is 22.8 Å². The summed E-state index contributed by atoms with van der Waals surface area (Å²) in [6, 6.07) is 3.05. The first-order chi connectivity index (χ1) is 29.2. The molecule has 0 radical (unpaired) electrons. The number of amides is 2. The fraction of sp³-hybridized carbons (Fsp3) is 0.755. The first kappa shape index (κ1) is 53.0. The molecule has 12 heteroatoms. The number of allylic oxidation sites excluding steroid dienone is 2. The van der Waals surface area contributed by atoms with Crippen LogP contribution in [0.15, 0.2) is 12.1 Å². The summed E-state index contributed by atoms with van der Waals surface area (Å²) in [4.78, 5) is 25.5. The predicted octanol–water partition coefficient (Wildman–Crippen LogP) is 15.8. The van der Waals surface area contributed by atoms with E-state index in [-0.39, 0.29) is 58.4 Å². The predicted molar refractivity (Wildman–Crippen MR) is 245 cm³/mol. The van der Waals surface area contributed by atoms with Gasteiger partial charge in [0.25, 0.3) is 0 Å². The van der Waals surface area contributed by atoms with Crippen molar-refractivity contribution in [3.05, 3.63) is 42.8 Å². The second kappa shape index (κ2) is 27.8. The Balaban J connectivity index is 1.50. The molecule has 61 heavy (non-hydrogen) atoms. The summed E-state index contributed by atoms with van der Waals surface area (Å²) < 4.78 is 93.0. The fourth-order valence-electron chi connectivity index (χ4n) is 8.21. The molecular formula is C49H76F6N2O2S2. The number of aryl methyl sites for hydroxylation is 4. The van der Waals surface area contributed by atoms with Crippen LogP contribution in [0.1, 0.15) is 211 Å². The van der Waals surface area contributed by atoms with Crippen molar-refractivity contribution in [1.82, 2.24) is 10.6 Å². The summed E-state index contributed by atoms with van der Waals surface area (Å²) >= 11 is 1.52. The molecule has 1 aliphatic rings.